The molecule has 1 atom stereocenters. The van der Waals surface area contributed by atoms with Gasteiger partial charge in [-0.1, -0.05) is 18.2 Å². The molecule has 0 saturated carbocycles. The molecule has 0 amide bonds. The Bertz CT molecular complexity index is 593. The molecular weight excluding hydrogens is 281 g/mol. The first-order chi connectivity index (χ1) is 9.88. The highest BCUT2D eigenvalue weighted by Gasteiger charge is 2.30. The molecule has 1 heterocycles. The quantitative estimate of drug-likeness (QED) is 0.919. The normalized spacial score (nSPS) is 13.4. The van der Waals surface area contributed by atoms with Crippen LogP contribution in [0.25, 0.3) is 0 Å². The molecule has 0 aliphatic carbocycles. The first-order valence-corrected chi connectivity index (χ1v) is 6.65. The lowest BCUT2D eigenvalue weighted by Crippen LogP contribution is -2.23. The highest BCUT2D eigenvalue weighted by atomic mass is 19.4. The Morgan fingerprint density at radius 1 is 1.33 bits per heavy atom. The van der Waals surface area contributed by atoms with E-state index in [2.05, 4.69) is 10.3 Å². The van der Waals surface area contributed by atoms with Crippen molar-refractivity contribution < 1.29 is 17.6 Å². The molecule has 0 spiro atoms. The molecule has 6 heteroatoms. The summed E-state index contributed by atoms with van der Waals surface area (Å²) < 4.78 is 43.5. The molecule has 1 unspecified atom stereocenters. The van der Waals surface area contributed by atoms with E-state index in [1.807, 2.05) is 14.0 Å². The number of halogens is 3. The minimum absolute atomic E-state index is 0.248. The van der Waals surface area contributed by atoms with Crippen LogP contribution in [0.4, 0.5) is 13.2 Å². The molecule has 0 saturated heterocycles. The minimum atomic E-state index is -4.33. The molecule has 1 aromatic carbocycles. The lowest BCUT2D eigenvalue weighted by atomic mass is 10.1. The van der Waals surface area contributed by atoms with Crippen molar-refractivity contribution in [2.24, 2.45) is 0 Å². The fraction of sp³-hybridized carbons (Fsp3) is 0.400. The van der Waals surface area contributed by atoms with Crippen molar-refractivity contribution in [3.8, 4) is 0 Å². The van der Waals surface area contributed by atoms with Gasteiger partial charge in [-0.25, -0.2) is 4.98 Å². The Hall–Kier alpha value is -1.82. The predicted octanol–water partition coefficient (Wildman–Crippen LogP) is 3.43. The van der Waals surface area contributed by atoms with Crippen LogP contribution < -0.4 is 5.32 Å². The van der Waals surface area contributed by atoms with Gasteiger partial charge in [0.05, 0.1) is 11.8 Å². The van der Waals surface area contributed by atoms with Crippen LogP contribution in [-0.2, 0) is 19.0 Å². The van der Waals surface area contributed by atoms with Crippen LogP contribution in [0.2, 0.25) is 0 Å². The Labute approximate surface area is 121 Å². The van der Waals surface area contributed by atoms with Gasteiger partial charge < -0.3 is 9.73 Å². The van der Waals surface area contributed by atoms with Gasteiger partial charge in [0.25, 0.3) is 0 Å². The number of rotatable bonds is 5. The average Bonchev–Trinajstić information content (AvgIpc) is 2.85. The second-order valence-electron chi connectivity index (χ2n) is 4.99. The molecule has 0 aliphatic rings. The number of likely N-dealkylation sites (N-methyl/N-ethyl adjacent to an activating group) is 1. The molecule has 0 fully saturated rings. The second kappa shape index (κ2) is 6.30. The maximum atomic E-state index is 12.6. The summed E-state index contributed by atoms with van der Waals surface area (Å²) in [6.45, 7) is 2.01. The second-order valence-corrected chi connectivity index (χ2v) is 4.99. The molecule has 3 nitrogen and oxygen atoms in total. The summed E-state index contributed by atoms with van der Waals surface area (Å²) in [5.41, 5.74) is -0.129. The first kappa shape index (κ1) is 15.6. The standard InChI is InChI=1S/C15H17F3N2O/c1-10(19-2)6-13-9-20-14(21-13)8-11-4-3-5-12(7-11)15(16,17)18/h3-5,7,9-10,19H,6,8H2,1-2H3. The summed E-state index contributed by atoms with van der Waals surface area (Å²) in [6.07, 6.45) is -1.78. The summed E-state index contributed by atoms with van der Waals surface area (Å²) in [5, 5.41) is 3.08. The molecule has 0 aliphatic heterocycles. The predicted molar refractivity (Wildman–Crippen MR) is 73.0 cm³/mol. The zero-order chi connectivity index (χ0) is 15.5. The number of nitrogens with one attached hydrogen (secondary N) is 1. The van der Waals surface area contributed by atoms with Crippen LogP contribution in [0.15, 0.2) is 34.9 Å². The SMILES string of the molecule is CNC(C)Cc1cnc(Cc2cccc(C(F)(F)F)c2)o1. The van der Waals surface area contributed by atoms with Crippen LogP contribution in [0.5, 0.6) is 0 Å². The molecule has 1 aromatic heterocycles. The van der Waals surface area contributed by atoms with Crippen LogP contribution in [0, 0.1) is 0 Å². The monoisotopic (exact) mass is 298 g/mol. The number of nitrogens with zero attached hydrogens (tertiary/aromatic N) is 1. The smallest absolute Gasteiger partial charge is 0.416 e. The van der Waals surface area contributed by atoms with E-state index >= 15 is 0 Å². The van der Waals surface area contributed by atoms with Crippen molar-refractivity contribution in [2.45, 2.75) is 32.0 Å². The molecule has 114 valence electrons. The molecular formula is C15H17F3N2O. The maximum absolute atomic E-state index is 12.6. The fourth-order valence-electron chi connectivity index (χ4n) is 1.96. The Kier molecular flexibility index (Phi) is 4.67. The number of oxazole rings is 1. The summed E-state index contributed by atoms with van der Waals surface area (Å²) in [7, 11) is 1.85. The number of alkyl halides is 3. The van der Waals surface area contributed by atoms with Crippen molar-refractivity contribution in [2.75, 3.05) is 7.05 Å². The lowest BCUT2D eigenvalue weighted by Gasteiger charge is -2.08. The van der Waals surface area contributed by atoms with E-state index in [4.69, 9.17) is 4.42 Å². The number of aromatic nitrogens is 1. The Morgan fingerprint density at radius 2 is 2.10 bits per heavy atom. The zero-order valence-electron chi connectivity index (χ0n) is 11.9. The molecule has 0 radical (unpaired) electrons. The molecule has 1 N–H and O–H groups in total. The van der Waals surface area contributed by atoms with Crippen molar-refractivity contribution >= 4 is 0 Å². The van der Waals surface area contributed by atoms with E-state index in [1.54, 1.807) is 12.3 Å². The summed E-state index contributed by atoms with van der Waals surface area (Å²) >= 11 is 0. The highest BCUT2D eigenvalue weighted by molar-refractivity contribution is 5.27. The third-order valence-corrected chi connectivity index (χ3v) is 3.21. The van der Waals surface area contributed by atoms with Gasteiger partial charge in [0.15, 0.2) is 5.89 Å². The zero-order valence-corrected chi connectivity index (χ0v) is 11.9. The number of hydrogen-bond donors (Lipinski definition) is 1. The molecule has 21 heavy (non-hydrogen) atoms. The fourth-order valence-corrected chi connectivity index (χ4v) is 1.96. The number of hydrogen-bond acceptors (Lipinski definition) is 3. The van der Waals surface area contributed by atoms with Gasteiger partial charge in [0.2, 0.25) is 0 Å². The van der Waals surface area contributed by atoms with Gasteiger partial charge in [0.1, 0.15) is 5.76 Å². The molecule has 2 aromatic rings. The van der Waals surface area contributed by atoms with E-state index in [0.29, 0.717) is 17.9 Å². The molecule has 0 bridgehead atoms. The average molecular weight is 298 g/mol. The number of benzene rings is 1. The van der Waals surface area contributed by atoms with Gasteiger partial charge in [-0.15, -0.1) is 0 Å². The maximum Gasteiger partial charge on any atom is 0.416 e. The van der Waals surface area contributed by atoms with Gasteiger partial charge in [-0.05, 0) is 25.6 Å². The van der Waals surface area contributed by atoms with E-state index in [9.17, 15) is 13.2 Å². The summed E-state index contributed by atoms with van der Waals surface area (Å²) in [5.74, 6) is 1.14. The van der Waals surface area contributed by atoms with Gasteiger partial charge in [0, 0.05) is 18.9 Å². The van der Waals surface area contributed by atoms with Crippen LogP contribution >= 0.6 is 0 Å². The van der Waals surface area contributed by atoms with E-state index < -0.39 is 11.7 Å². The van der Waals surface area contributed by atoms with E-state index in [-0.39, 0.29) is 12.5 Å². The summed E-state index contributed by atoms with van der Waals surface area (Å²) in [6, 6.07) is 5.46. The Morgan fingerprint density at radius 3 is 2.76 bits per heavy atom. The van der Waals surface area contributed by atoms with Crippen LogP contribution in [0.3, 0.4) is 0 Å². The highest BCUT2D eigenvalue weighted by Crippen LogP contribution is 2.29. The van der Waals surface area contributed by atoms with Gasteiger partial charge in [-0.3, -0.25) is 0 Å². The van der Waals surface area contributed by atoms with Gasteiger partial charge >= 0.3 is 6.18 Å². The van der Waals surface area contributed by atoms with Gasteiger partial charge in [-0.2, -0.15) is 13.2 Å². The van der Waals surface area contributed by atoms with Crippen molar-refractivity contribution in [3.63, 3.8) is 0 Å². The lowest BCUT2D eigenvalue weighted by molar-refractivity contribution is -0.137. The third-order valence-electron chi connectivity index (χ3n) is 3.21. The summed E-state index contributed by atoms with van der Waals surface area (Å²) in [4.78, 5) is 4.11. The molecule has 2 rings (SSSR count). The van der Waals surface area contributed by atoms with Crippen molar-refractivity contribution in [1.82, 2.24) is 10.3 Å². The van der Waals surface area contributed by atoms with E-state index in [1.165, 1.54) is 6.07 Å². The van der Waals surface area contributed by atoms with Crippen LogP contribution in [-0.4, -0.2) is 18.1 Å². The Balaban J connectivity index is 2.08. The van der Waals surface area contributed by atoms with Crippen LogP contribution in [0.1, 0.15) is 29.7 Å². The first-order valence-electron chi connectivity index (χ1n) is 6.65. The third kappa shape index (κ3) is 4.32. The van der Waals surface area contributed by atoms with Crippen molar-refractivity contribution in [3.05, 3.63) is 53.2 Å². The van der Waals surface area contributed by atoms with E-state index in [0.717, 1.165) is 17.9 Å². The largest absolute Gasteiger partial charge is 0.445 e. The van der Waals surface area contributed by atoms with Crippen molar-refractivity contribution in [1.29, 1.82) is 0 Å². The topological polar surface area (TPSA) is 38.1 Å². The minimum Gasteiger partial charge on any atom is -0.445 e.